The van der Waals surface area contributed by atoms with Gasteiger partial charge in [-0.1, -0.05) is 35.4 Å². The van der Waals surface area contributed by atoms with E-state index in [4.69, 9.17) is 16.3 Å². The van der Waals surface area contributed by atoms with Crippen LogP contribution in [0.5, 0.6) is 11.5 Å². The maximum atomic E-state index is 13.9. The monoisotopic (exact) mass is 543 g/mol. The highest BCUT2D eigenvalue weighted by Gasteiger charge is 2.56. The van der Waals surface area contributed by atoms with Gasteiger partial charge in [-0.3, -0.25) is 19.2 Å². The summed E-state index contributed by atoms with van der Waals surface area (Å²) in [4.78, 5) is 55.5. The second-order valence-corrected chi connectivity index (χ2v) is 11.0. The Morgan fingerprint density at radius 1 is 1.00 bits per heavy atom. The number of rotatable bonds is 3. The number of phenols is 1. The Balaban J connectivity index is 1.49. The van der Waals surface area contributed by atoms with E-state index in [9.17, 15) is 24.3 Å². The summed E-state index contributed by atoms with van der Waals surface area (Å²) in [6.07, 6.45) is 3.85. The number of allylic oxidation sites excluding steroid dienone is 6. The van der Waals surface area contributed by atoms with Crippen LogP contribution in [0.25, 0.3) is 0 Å². The number of nitrogens with zero attached hydrogens (tertiary/aromatic N) is 1. The number of amides is 2. The lowest BCUT2D eigenvalue weighted by Crippen LogP contribution is -2.39. The average Bonchev–Trinajstić information content (AvgIpc) is 3.18. The number of hydrogen-bond donors (Lipinski definition) is 1. The van der Waals surface area contributed by atoms with Crippen molar-refractivity contribution in [3.63, 3.8) is 0 Å². The standard InChI is InChI=1S/C31H26ClNO6/c1-14-4-6-17(12-22(14)32)33-30(37)19-8-7-18-20(27(19)31(33)38)13-21-24(35)10-15(2)29(36)28(21)26(18)16-5-9-23(34)25(11-16)39-3/h4-7,9-12,19-20,26-27,34H,8,13H2,1-3H3. The van der Waals surface area contributed by atoms with Gasteiger partial charge in [-0.05, 0) is 74.1 Å². The quantitative estimate of drug-likeness (QED) is 0.332. The summed E-state index contributed by atoms with van der Waals surface area (Å²) in [6, 6.07) is 9.98. The molecule has 1 fully saturated rings. The van der Waals surface area contributed by atoms with E-state index in [1.807, 2.05) is 13.0 Å². The van der Waals surface area contributed by atoms with Gasteiger partial charge < -0.3 is 9.84 Å². The van der Waals surface area contributed by atoms with E-state index in [1.165, 1.54) is 24.2 Å². The van der Waals surface area contributed by atoms with Crippen LogP contribution in [0.4, 0.5) is 5.69 Å². The van der Waals surface area contributed by atoms with Gasteiger partial charge in [0.05, 0.1) is 24.6 Å². The van der Waals surface area contributed by atoms with E-state index in [1.54, 1.807) is 37.3 Å². The van der Waals surface area contributed by atoms with Crippen molar-refractivity contribution in [2.24, 2.45) is 17.8 Å². The number of carbonyl (C=O) groups is 4. The first-order chi connectivity index (χ1) is 18.6. The number of phenolic OH excluding ortho intramolecular Hbond substituents is 1. The van der Waals surface area contributed by atoms with Crippen LogP contribution >= 0.6 is 11.6 Å². The molecule has 1 heterocycles. The van der Waals surface area contributed by atoms with Crippen molar-refractivity contribution in [3.05, 3.63) is 87.0 Å². The lowest BCUT2D eigenvalue weighted by molar-refractivity contribution is -0.123. The third kappa shape index (κ3) is 3.71. The molecule has 6 rings (SSSR count). The molecule has 0 saturated carbocycles. The Morgan fingerprint density at radius 2 is 1.77 bits per heavy atom. The molecule has 8 heteroatoms. The molecule has 39 heavy (non-hydrogen) atoms. The maximum Gasteiger partial charge on any atom is 0.238 e. The van der Waals surface area contributed by atoms with Gasteiger partial charge in [-0.25, -0.2) is 4.90 Å². The van der Waals surface area contributed by atoms with Crippen molar-refractivity contribution in [2.45, 2.75) is 32.6 Å². The fraction of sp³-hybridized carbons (Fsp3) is 0.290. The Kier molecular flexibility index (Phi) is 5.88. The summed E-state index contributed by atoms with van der Waals surface area (Å²) in [5.74, 6) is -3.20. The number of aromatic hydroxyl groups is 1. The first-order valence-electron chi connectivity index (χ1n) is 12.8. The number of anilines is 1. The van der Waals surface area contributed by atoms with Gasteiger partial charge in [0.25, 0.3) is 0 Å². The second kappa shape index (κ2) is 9.06. The molecule has 1 saturated heterocycles. The lowest BCUT2D eigenvalue weighted by atomic mass is 9.59. The summed E-state index contributed by atoms with van der Waals surface area (Å²) >= 11 is 6.32. The molecule has 3 aliphatic carbocycles. The van der Waals surface area contributed by atoms with Crippen LogP contribution in [0.15, 0.2) is 70.8 Å². The Labute approximate surface area is 230 Å². The molecular weight excluding hydrogens is 518 g/mol. The molecule has 2 amide bonds. The number of ketones is 2. The smallest absolute Gasteiger partial charge is 0.238 e. The highest BCUT2D eigenvalue weighted by molar-refractivity contribution is 6.32. The largest absolute Gasteiger partial charge is 0.504 e. The number of ether oxygens (including phenoxy) is 1. The molecule has 2 aromatic carbocycles. The lowest BCUT2D eigenvalue weighted by Gasteiger charge is -2.42. The number of halogens is 1. The third-order valence-corrected chi connectivity index (χ3v) is 8.92. The summed E-state index contributed by atoms with van der Waals surface area (Å²) in [7, 11) is 1.44. The summed E-state index contributed by atoms with van der Waals surface area (Å²) < 4.78 is 5.33. The van der Waals surface area contributed by atoms with Crippen molar-refractivity contribution in [3.8, 4) is 11.5 Å². The maximum absolute atomic E-state index is 13.9. The van der Waals surface area contributed by atoms with E-state index in [0.717, 1.165) is 11.1 Å². The predicted molar refractivity (Wildman–Crippen MR) is 145 cm³/mol. The van der Waals surface area contributed by atoms with Crippen LogP contribution in [0, 0.1) is 24.7 Å². The summed E-state index contributed by atoms with van der Waals surface area (Å²) in [5.41, 5.74) is 3.90. The number of Topliss-reactive ketones (excluding diaryl/α,β-unsaturated/α-hetero) is 1. The SMILES string of the molecule is COc1cc(C2C3=CCC4C(=O)N(c5ccc(C)c(Cl)c5)C(=O)C4C3CC3=C2C(=O)C(C)=CC3=O)ccc1O. The van der Waals surface area contributed by atoms with Crippen molar-refractivity contribution in [1.29, 1.82) is 0 Å². The molecule has 4 unspecified atom stereocenters. The summed E-state index contributed by atoms with van der Waals surface area (Å²) in [6.45, 7) is 3.47. The van der Waals surface area contributed by atoms with E-state index in [0.29, 0.717) is 39.4 Å². The number of benzene rings is 2. The Hall–Kier alpha value is -3.97. The minimum atomic E-state index is -0.678. The minimum Gasteiger partial charge on any atom is -0.504 e. The van der Waals surface area contributed by atoms with Crippen LogP contribution < -0.4 is 9.64 Å². The highest BCUT2D eigenvalue weighted by Crippen LogP contribution is 2.56. The third-order valence-electron chi connectivity index (χ3n) is 8.52. The first-order valence-corrected chi connectivity index (χ1v) is 13.2. The first kappa shape index (κ1) is 25.3. The van der Waals surface area contributed by atoms with Gasteiger partial charge in [-0.15, -0.1) is 0 Å². The van der Waals surface area contributed by atoms with Gasteiger partial charge in [0.2, 0.25) is 11.8 Å². The molecule has 0 radical (unpaired) electrons. The Morgan fingerprint density at radius 3 is 2.49 bits per heavy atom. The molecule has 1 N–H and O–H groups in total. The molecule has 0 bridgehead atoms. The van der Waals surface area contributed by atoms with Gasteiger partial charge in [0.15, 0.2) is 23.1 Å². The molecule has 7 nitrogen and oxygen atoms in total. The van der Waals surface area contributed by atoms with E-state index in [2.05, 4.69) is 0 Å². The van der Waals surface area contributed by atoms with Crippen LogP contribution in [0.2, 0.25) is 5.02 Å². The molecule has 198 valence electrons. The minimum absolute atomic E-state index is 0.0495. The average molecular weight is 544 g/mol. The number of carbonyl (C=O) groups excluding carboxylic acids is 4. The number of aryl methyl sites for hydroxylation is 1. The number of imide groups is 1. The van der Waals surface area contributed by atoms with Crippen LogP contribution in [0.1, 0.15) is 36.8 Å². The van der Waals surface area contributed by atoms with Crippen molar-refractivity contribution < 1.29 is 29.0 Å². The molecule has 2 aromatic rings. The molecule has 0 aromatic heterocycles. The predicted octanol–water partition coefficient (Wildman–Crippen LogP) is 5.00. The van der Waals surface area contributed by atoms with Crippen LogP contribution in [-0.2, 0) is 19.2 Å². The van der Waals surface area contributed by atoms with Crippen molar-refractivity contribution >= 4 is 40.7 Å². The zero-order valence-electron chi connectivity index (χ0n) is 21.7. The van der Waals surface area contributed by atoms with E-state index < -0.39 is 23.7 Å². The molecule has 1 aliphatic heterocycles. The number of hydrogen-bond acceptors (Lipinski definition) is 6. The topological polar surface area (TPSA) is 101 Å². The molecule has 4 aliphatic rings. The number of methoxy groups -OCH3 is 1. The van der Waals surface area contributed by atoms with Crippen molar-refractivity contribution in [1.82, 2.24) is 0 Å². The molecular formula is C31H26ClNO6. The fourth-order valence-electron chi connectivity index (χ4n) is 6.59. The fourth-order valence-corrected chi connectivity index (χ4v) is 6.76. The van der Waals surface area contributed by atoms with E-state index in [-0.39, 0.29) is 41.3 Å². The van der Waals surface area contributed by atoms with E-state index >= 15 is 0 Å². The zero-order chi connectivity index (χ0) is 27.7. The van der Waals surface area contributed by atoms with Crippen LogP contribution in [0.3, 0.4) is 0 Å². The van der Waals surface area contributed by atoms with Gasteiger partial charge in [0.1, 0.15) is 0 Å². The highest BCUT2D eigenvalue weighted by atomic mass is 35.5. The number of fused-ring (bicyclic) bond motifs is 3. The second-order valence-electron chi connectivity index (χ2n) is 10.6. The zero-order valence-corrected chi connectivity index (χ0v) is 22.4. The molecule has 4 atom stereocenters. The van der Waals surface area contributed by atoms with Gasteiger partial charge in [-0.2, -0.15) is 0 Å². The molecule has 0 spiro atoms. The van der Waals surface area contributed by atoms with Gasteiger partial charge >= 0.3 is 0 Å². The normalized spacial score (nSPS) is 26.2. The van der Waals surface area contributed by atoms with Gasteiger partial charge in [0, 0.05) is 27.7 Å². The van der Waals surface area contributed by atoms with Crippen molar-refractivity contribution in [2.75, 3.05) is 12.0 Å². The van der Waals surface area contributed by atoms with Crippen LogP contribution in [-0.4, -0.2) is 35.6 Å². The Bertz CT molecular complexity index is 1600. The summed E-state index contributed by atoms with van der Waals surface area (Å²) in [5, 5.41) is 10.7.